The minimum absolute atomic E-state index is 0.203. The molecule has 0 saturated carbocycles. The van der Waals surface area contributed by atoms with E-state index in [1.807, 2.05) is 19.9 Å². The first-order chi connectivity index (χ1) is 11.3. The zero-order valence-electron chi connectivity index (χ0n) is 13.6. The molecular formula is C18H20N2O3S. The maximum atomic E-state index is 12.6. The number of carbonyl (C=O) groups is 1. The van der Waals surface area contributed by atoms with E-state index in [1.54, 1.807) is 42.5 Å². The van der Waals surface area contributed by atoms with Gasteiger partial charge in [-0.15, -0.1) is 0 Å². The molecule has 2 aromatic carbocycles. The highest BCUT2D eigenvalue weighted by atomic mass is 32.2. The van der Waals surface area contributed by atoms with Gasteiger partial charge in [-0.2, -0.15) is 0 Å². The molecule has 0 unspecified atom stereocenters. The molecule has 5 nitrogen and oxygen atoms in total. The normalized spacial score (nSPS) is 11.1. The van der Waals surface area contributed by atoms with Crippen LogP contribution < -0.4 is 10.0 Å². The second kappa shape index (κ2) is 7.31. The second-order valence-electron chi connectivity index (χ2n) is 5.61. The molecule has 0 aliphatic carbocycles. The van der Waals surface area contributed by atoms with Gasteiger partial charge in [0, 0.05) is 5.69 Å². The lowest BCUT2D eigenvalue weighted by atomic mass is 10.0. The summed E-state index contributed by atoms with van der Waals surface area (Å²) in [5.74, 6) is -0.128. The van der Waals surface area contributed by atoms with Crippen LogP contribution in [0.5, 0.6) is 0 Å². The predicted molar refractivity (Wildman–Crippen MR) is 96.6 cm³/mol. The fourth-order valence-electron chi connectivity index (χ4n) is 2.11. The van der Waals surface area contributed by atoms with Crippen molar-refractivity contribution < 1.29 is 13.2 Å². The predicted octanol–water partition coefficient (Wildman–Crippen LogP) is 3.74. The summed E-state index contributed by atoms with van der Waals surface area (Å²) in [6, 6.07) is 13.3. The van der Waals surface area contributed by atoms with E-state index in [9.17, 15) is 13.2 Å². The van der Waals surface area contributed by atoms with Gasteiger partial charge >= 0.3 is 0 Å². The Morgan fingerprint density at radius 1 is 1.08 bits per heavy atom. The lowest BCUT2D eigenvalue weighted by Gasteiger charge is -2.12. The summed E-state index contributed by atoms with van der Waals surface area (Å²) in [5, 5.41) is 2.59. The molecule has 0 spiro atoms. The van der Waals surface area contributed by atoms with Gasteiger partial charge in [0.05, 0.1) is 10.6 Å². The van der Waals surface area contributed by atoms with E-state index in [4.69, 9.17) is 0 Å². The van der Waals surface area contributed by atoms with Crippen LogP contribution >= 0.6 is 0 Å². The van der Waals surface area contributed by atoms with Crippen LogP contribution in [0.15, 0.2) is 66.1 Å². The van der Waals surface area contributed by atoms with Crippen molar-refractivity contribution in [1.82, 2.24) is 0 Å². The van der Waals surface area contributed by atoms with E-state index in [-0.39, 0.29) is 16.7 Å². The molecule has 0 fully saturated rings. The van der Waals surface area contributed by atoms with Crippen molar-refractivity contribution in [2.75, 3.05) is 10.0 Å². The van der Waals surface area contributed by atoms with Crippen LogP contribution in [0.1, 0.15) is 25.3 Å². The van der Waals surface area contributed by atoms with Crippen LogP contribution in [0.3, 0.4) is 0 Å². The third-order valence-electron chi connectivity index (χ3n) is 3.40. The highest BCUT2D eigenvalue weighted by Gasteiger charge is 2.15. The van der Waals surface area contributed by atoms with Gasteiger partial charge in [0.15, 0.2) is 0 Å². The third kappa shape index (κ3) is 4.45. The Kier molecular flexibility index (Phi) is 5.41. The highest BCUT2D eigenvalue weighted by Crippen LogP contribution is 2.22. The zero-order valence-corrected chi connectivity index (χ0v) is 14.4. The first kappa shape index (κ1) is 17.7. The van der Waals surface area contributed by atoms with Gasteiger partial charge in [0.1, 0.15) is 0 Å². The number of nitrogens with one attached hydrogen (secondary N) is 2. The van der Waals surface area contributed by atoms with Gasteiger partial charge in [-0.25, -0.2) is 8.42 Å². The molecule has 0 bridgehead atoms. The minimum Gasteiger partial charge on any atom is -0.322 e. The molecule has 0 radical (unpaired) electrons. The second-order valence-corrected chi connectivity index (χ2v) is 7.29. The number of anilines is 2. The van der Waals surface area contributed by atoms with E-state index in [2.05, 4.69) is 16.6 Å². The molecule has 2 N–H and O–H groups in total. The molecule has 0 heterocycles. The molecule has 0 aliphatic heterocycles. The Morgan fingerprint density at radius 3 is 2.42 bits per heavy atom. The van der Waals surface area contributed by atoms with Crippen molar-refractivity contribution in [3.8, 4) is 0 Å². The fraction of sp³-hybridized carbons (Fsp3) is 0.167. The average molecular weight is 344 g/mol. The monoisotopic (exact) mass is 344 g/mol. The first-order valence-electron chi connectivity index (χ1n) is 7.48. The number of rotatable bonds is 6. The van der Waals surface area contributed by atoms with E-state index in [0.29, 0.717) is 11.4 Å². The zero-order chi connectivity index (χ0) is 17.7. The molecule has 0 aliphatic rings. The molecule has 0 atom stereocenters. The number of hydrogen-bond acceptors (Lipinski definition) is 3. The standard InChI is InChI=1S/C18H20N2O3S/c1-4-18(21)19-15-8-6-9-16(12-15)20-24(22,23)17-10-5-7-14(11-17)13(2)3/h4-13,20H,1H2,2-3H3,(H,19,21). The summed E-state index contributed by atoms with van der Waals surface area (Å²) in [5.41, 5.74) is 1.80. The molecule has 24 heavy (non-hydrogen) atoms. The summed E-state index contributed by atoms with van der Waals surface area (Å²) >= 11 is 0. The quantitative estimate of drug-likeness (QED) is 0.784. The Labute approximate surface area is 142 Å². The van der Waals surface area contributed by atoms with Crippen molar-refractivity contribution in [1.29, 1.82) is 0 Å². The van der Waals surface area contributed by atoms with Crippen LogP contribution in [0, 0.1) is 0 Å². The number of amides is 1. The van der Waals surface area contributed by atoms with E-state index in [0.717, 1.165) is 11.6 Å². The number of sulfonamides is 1. The lowest BCUT2D eigenvalue weighted by Crippen LogP contribution is -2.14. The van der Waals surface area contributed by atoms with Crippen LogP contribution in [0.2, 0.25) is 0 Å². The SMILES string of the molecule is C=CC(=O)Nc1cccc(NS(=O)(=O)c2cccc(C(C)C)c2)c1. The molecule has 2 aromatic rings. The summed E-state index contributed by atoms with van der Waals surface area (Å²) in [4.78, 5) is 11.5. The van der Waals surface area contributed by atoms with Gasteiger partial charge < -0.3 is 5.32 Å². The number of benzene rings is 2. The Balaban J connectivity index is 2.26. The van der Waals surface area contributed by atoms with Crippen LogP contribution in [-0.4, -0.2) is 14.3 Å². The van der Waals surface area contributed by atoms with Crippen LogP contribution in [0.4, 0.5) is 11.4 Å². The van der Waals surface area contributed by atoms with E-state index in [1.165, 1.54) is 0 Å². The molecule has 0 aromatic heterocycles. The lowest BCUT2D eigenvalue weighted by molar-refractivity contribution is -0.111. The Hall–Kier alpha value is -2.60. The largest absolute Gasteiger partial charge is 0.322 e. The molecule has 2 rings (SSSR count). The summed E-state index contributed by atoms with van der Waals surface area (Å²) in [6.07, 6.45) is 1.15. The molecule has 0 saturated heterocycles. The summed E-state index contributed by atoms with van der Waals surface area (Å²) < 4.78 is 27.6. The maximum absolute atomic E-state index is 12.6. The Bertz CT molecular complexity index is 858. The topological polar surface area (TPSA) is 75.3 Å². The molecule has 1 amide bonds. The Morgan fingerprint density at radius 2 is 1.75 bits per heavy atom. The highest BCUT2D eigenvalue weighted by molar-refractivity contribution is 7.92. The van der Waals surface area contributed by atoms with Gasteiger partial charge in [0.25, 0.3) is 10.0 Å². The maximum Gasteiger partial charge on any atom is 0.261 e. The first-order valence-corrected chi connectivity index (χ1v) is 8.96. The number of carbonyl (C=O) groups excluding carboxylic acids is 1. The van der Waals surface area contributed by atoms with Crippen molar-refractivity contribution in [2.45, 2.75) is 24.7 Å². The third-order valence-corrected chi connectivity index (χ3v) is 4.78. The van der Waals surface area contributed by atoms with Crippen LogP contribution in [0.25, 0.3) is 0 Å². The average Bonchev–Trinajstić information content (AvgIpc) is 2.54. The van der Waals surface area contributed by atoms with E-state index < -0.39 is 10.0 Å². The molecular weight excluding hydrogens is 324 g/mol. The van der Waals surface area contributed by atoms with Crippen LogP contribution in [-0.2, 0) is 14.8 Å². The van der Waals surface area contributed by atoms with Crippen molar-refractivity contribution in [3.05, 3.63) is 66.7 Å². The smallest absolute Gasteiger partial charge is 0.261 e. The van der Waals surface area contributed by atoms with Crippen molar-refractivity contribution in [3.63, 3.8) is 0 Å². The fourth-order valence-corrected chi connectivity index (χ4v) is 3.21. The van der Waals surface area contributed by atoms with E-state index >= 15 is 0 Å². The van der Waals surface area contributed by atoms with Gasteiger partial charge in [-0.1, -0.05) is 38.6 Å². The summed E-state index contributed by atoms with van der Waals surface area (Å²) in [6.45, 7) is 7.39. The summed E-state index contributed by atoms with van der Waals surface area (Å²) in [7, 11) is -3.70. The molecule has 126 valence electrons. The van der Waals surface area contributed by atoms with Crippen molar-refractivity contribution >= 4 is 27.3 Å². The minimum atomic E-state index is -3.70. The number of hydrogen-bond donors (Lipinski definition) is 2. The van der Waals surface area contributed by atoms with Crippen molar-refractivity contribution in [2.24, 2.45) is 0 Å². The van der Waals surface area contributed by atoms with Gasteiger partial charge in [-0.05, 0) is 47.9 Å². The van der Waals surface area contributed by atoms with Gasteiger partial charge in [-0.3, -0.25) is 9.52 Å². The molecule has 6 heteroatoms. The van der Waals surface area contributed by atoms with Gasteiger partial charge in [0.2, 0.25) is 5.91 Å².